The molecular formula is C25H48O3. The molecule has 0 aromatic carbocycles. The number of allylic oxidation sites excluding steroid dienone is 2. The first-order chi connectivity index (χ1) is 13.2. The van der Waals surface area contributed by atoms with Crippen LogP contribution < -0.4 is 0 Å². The van der Waals surface area contributed by atoms with Gasteiger partial charge in [0, 0.05) is 0 Å². The van der Waals surface area contributed by atoms with Gasteiger partial charge in [-0.15, -0.1) is 0 Å². The zero-order valence-corrected chi connectivity index (χ0v) is 19.6. The largest absolute Gasteiger partial charge is 0.459 e. The third kappa shape index (κ3) is 12.6. The Balaban J connectivity index is 3.71. The molecule has 0 amide bonds. The second-order valence-electron chi connectivity index (χ2n) is 9.03. The van der Waals surface area contributed by atoms with Gasteiger partial charge in [-0.05, 0) is 51.9 Å². The highest BCUT2D eigenvalue weighted by atomic mass is 16.6. The van der Waals surface area contributed by atoms with Gasteiger partial charge in [0.25, 0.3) is 0 Å². The van der Waals surface area contributed by atoms with E-state index in [2.05, 4.69) is 19.1 Å². The summed E-state index contributed by atoms with van der Waals surface area (Å²) in [5, 5.41) is 10.4. The van der Waals surface area contributed by atoms with Crippen LogP contribution >= 0.6 is 0 Å². The topological polar surface area (TPSA) is 46.5 Å². The Hall–Kier alpha value is -0.830. The lowest BCUT2D eigenvalue weighted by Crippen LogP contribution is -2.45. The van der Waals surface area contributed by atoms with E-state index in [1.165, 1.54) is 64.2 Å². The lowest BCUT2D eigenvalue weighted by Gasteiger charge is -2.34. The predicted octanol–water partition coefficient (Wildman–Crippen LogP) is 7.22. The normalized spacial score (nSPS) is 16.3. The van der Waals surface area contributed by atoms with Gasteiger partial charge in [0.05, 0.1) is 5.92 Å². The molecule has 3 nitrogen and oxygen atoms in total. The van der Waals surface area contributed by atoms with Crippen LogP contribution in [0.3, 0.4) is 0 Å². The van der Waals surface area contributed by atoms with Crippen molar-refractivity contribution in [2.45, 2.75) is 130 Å². The molecule has 3 heteroatoms. The Morgan fingerprint density at radius 3 is 1.89 bits per heavy atom. The standard InChI is InChI=1S/C25H48O3/c1-7-8-9-10-11-12-13-14-15-16-17-18-19-20-22(4)24(26)28-23(5)25(6,27)21(2)3/h13-14,21-23,27H,7-12,15-20H2,1-6H3. The van der Waals surface area contributed by atoms with Gasteiger partial charge in [-0.1, -0.05) is 84.8 Å². The summed E-state index contributed by atoms with van der Waals surface area (Å²) in [5.74, 6) is -0.242. The Morgan fingerprint density at radius 1 is 0.893 bits per heavy atom. The summed E-state index contributed by atoms with van der Waals surface area (Å²) in [6.45, 7) is 11.6. The first kappa shape index (κ1) is 27.2. The fourth-order valence-electron chi connectivity index (χ4n) is 3.16. The van der Waals surface area contributed by atoms with Crippen molar-refractivity contribution in [1.82, 2.24) is 0 Å². The van der Waals surface area contributed by atoms with Gasteiger partial charge in [0.1, 0.15) is 11.7 Å². The summed E-state index contributed by atoms with van der Waals surface area (Å²) in [4.78, 5) is 12.2. The molecule has 166 valence electrons. The Labute approximate surface area is 175 Å². The third-order valence-electron chi connectivity index (χ3n) is 6.09. The molecule has 0 rings (SSSR count). The van der Waals surface area contributed by atoms with Gasteiger partial charge < -0.3 is 9.84 Å². The molecule has 0 bridgehead atoms. The lowest BCUT2D eigenvalue weighted by atomic mass is 9.87. The average molecular weight is 397 g/mol. The van der Waals surface area contributed by atoms with E-state index < -0.39 is 11.7 Å². The van der Waals surface area contributed by atoms with Crippen LogP contribution in [0.15, 0.2) is 12.2 Å². The van der Waals surface area contributed by atoms with E-state index in [0.29, 0.717) is 0 Å². The number of carbonyl (C=O) groups is 1. The molecule has 3 atom stereocenters. The van der Waals surface area contributed by atoms with Crippen molar-refractivity contribution in [3.63, 3.8) is 0 Å². The molecule has 0 aliphatic carbocycles. The van der Waals surface area contributed by atoms with Crippen LogP contribution in [-0.2, 0) is 9.53 Å². The minimum Gasteiger partial charge on any atom is -0.459 e. The first-order valence-electron chi connectivity index (χ1n) is 11.8. The molecule has 0 aromatic rings. The summed E-state index contributed by atoms with van der Waals surface area (Å²) in [7, 11) is 0. The highest BCUT2D eigenvalue weighted by Gasteiger charge is 2.35. The summed E-state index contributed by atoms with van der Waals surface area (Å²) in [5.41, 5.74) is -0.988. The SMILES string of the molecule is CCCCCCCC=CCCCCCCC(C)C(=O)OC(C)C(C)(O)C(C)C. The summed E-state index contributed by atoms with van der Waals surface area (Å²) in [6.07, 6.45) is 18.9. The van der Waals surface area contributed by atoms with Crippen molar-refractivity contribution in [3.8, 4) is 0 Å². The van der Waals surface area contributed by atoms with Crippen LogP contribution in [0.4, 0.5) is 0 Å². The Bertz CT molecular complexity index is 412. The van der Waals surface area contributed by atoms with Gasteiger partial charge in [-0.25, -0.2) is 0 Å². The number of ether oxygens (including phenoxy) is 1. The van der Waals surface area contributed by atoms with E-state index in [1.807, 2.05) is 20.8 Å². The lowest BCUT2D eigenvalue weighted by molar-refractivity contribution is -0.170. The molecule has 28 heavy (non-hydrogen) atoms. The minimum atomic E-state index is -0.988. The molecule has 0 heterocycles. The smallest absolute Gasteiger partial charge is 0.309 e. The monoisotopic (exact) mass is 396 g/mol. The van der Waals surface area contributed by atoms with Gasteiger partial charge >= 0.3 is 5.97 Å². The van der Waals surface area contributed by atoms with Crippen LogP contribution in [0, 0.1) is 11.8 Å². The molecule has 0 aromatic heterocycles. The molecular weight excluding hydrogens is 348 g/mol. The van der Waals surface area contributed by atoms with Crippen molar-refractivity contribution in [1.29, 1.82) is 0 Å². The first-order valence-corrected chi connectivity index (χ1v) is 11.8. The van der Waals surface area contributed by atoms with Crippen LogP contribution in [-0.4, -0.2) is 22.8 Å². The fraction of sp³-hybridized carbons (Fsp3) is 0.880. The van der Waals surface area contributed by atoms with Crippen molar-refractivity contribution in [2.75, 3.05) is 0 Å². The molecule has 0 aliphatic heterocycles. The van der Waals surface area contributed by atoms with Crippen molar-refractivity contribution in [3.05, 3.63) is 12.2 Å². The van der Waals surface area contributed by atoms with Crippen LogP contribution in [0.2, 0.25) is 0 Å². The van der Waals surface area contributed by atoms with Crippen LogP contribution in [0.5, 0.6) is 0 Å². The Morgan fingerprint density at radius 2 is 1.39 bits per heavy atom. The molecule has 0 radical (unpaired) electrons. The predicted molar refractivity (Wildman–Crippen MR) is 120 cm³/mol. The molecule has 0 spiro atoms. The van der Waals surface area contributed by atoms with E-state index in [4.69, 9.17) is 4.74 Å². The van der Waals surface area contributed by atoms with Crippen molar-refractivity contribution >= 4 is 5.97 Å². The van der Waals surface area contributed by atoms with Gasteiger partial charge in [-0.3, -0.25) is 4.79 Å². The van der Waals surface area contributed by atoms with E-state index >= 15 is 0 Å². The summed E-state index contributed by atoms with van der Waals surface area (Å²) >= 11 is 0. The number of hydrogen-bond acceptors (Lipinski definition) is 3. The number of esters is 1. The minimum absolute atomic E-state index is 0.0423. The molecule has 0 fully saturated rings. The van der Waals surface area contributed by atoms with E-state index in [-0.39, 0.29) is 17.8 Å². The Kier molecular flexibility index (Phi) is 15.5. The van der Waals surface area contributed by atoms with E-state index in [0.717, 1.165) is 12.8 Å². The quantitative estimate of drug-likeness (QED) is 0.160. The maximum absolute atomic E-state index is 12.2. The molecule has 0 aliphatic rings. The van der Waals surface area contributed by atoms with Crippen molar-refractivity contribution in [2.24, 2.45) is 11.8 Å². The zero-order chi connectivity index (χ0) is 21.4. The fourth-order valence-corrected chi connectivity index (χ4v) is 3.16. The summed E-state index contributed by atoms with van der Waals surface area (Å²) in [6, 6.07) is 0. The second-order valence-corrected chi connectivity index (χ2v) is 9.03. The third-order valence-corrected chi connectivity index (χ3v) is 6.09. The molecule has 0 saturated heterocycles. The van der Waals surface area contributed by atoms with Gasteiger partial charge in [-0.2, -0.15) is 0 Å². The summed E-state index contributed by atoms with van der Waals surface area (Å²) < 4.78 is 5.50. The number of carbonyl (C=O) groups excluding carboxylic acids is 1. The zero-order valence-electron chi connectivity index (χ0n) is 19.6. The van der Waals surface area contributed by atoms with Crippen LogP contribution in [0.25, 0.3) is 0 Å². The number of aliphatic hydroxyl groups is 1. The molecule has 3 unspecified atom stereocenters. The van der Waals surface area contributed by atoms with E-state index in [1.54, 1.807) is 13.8 Å². The van der Waals surface area contributed by atoms with Gasteiger partial charge in [0.15, 0.2) is 0 Å². The second kappa shape index (κ2) is 16.0. The maximum Gasteiger partial charge on any atom is 0.309 e. The van der Waals surface area contributed by atoms with Gasteiger partial charge in [0.2, 0.25) is 0 Å². The van der Waals surface area contributed by atoms with Crippen molar-refractivity contribution < 1.29 is 14.6 Å². The number of hydrogen-bond donors (Lipinski definition) is 1. The van der Waals surface area contributed by atoms with E-state index in [9.17, 15) is 9.90 Å². The molecule has 0 saturated carbocycles. The highest BCUT2D eigenvalue weighted by molar-refractivity contribution is 5.72. The number of rotatable bonds is 17. The number of unbranched alkanes of at least 4 members (excludes halogenated alkanes) is 9. The average Bonchev–Trinajstić information content (AvgIpc) is 2.64. The highest BCUT2D eigenvalue weighted by Crippen LogP contribution is 2.24. The van der Waals surface area contributed by atoms with Crippen LogP contribution in [0.1, 0.15) is 119 Å². The molecule has 1 N–H and O–H groups in total. The maximum atomic E-state index is 12.2.